The Labute approximate surface area is 95.1 Å². The number of pyridine rings is 1. The van der Waals surface area contributed by atoms with E-state index < -0.39 is 0 Å². The predicted molar refractivity (Wildman–Crippen MR) is 64.9 cm³/mol. The summed E-state index contributed by atoms with van der Waals surface area (Å²) in [6.07, 6.45) is 3.95. The molecule has 4 heteroatoms. The molecule has 0 aliphatic carbocycles. The van der Waals surface area contributed by atoms with Gasteiger partial charge >= 0.3 is 0 Å². The van der Waals surface area contributed by atoms with Crippen LogP contribution in [-0.2, 0) is 0 Å². The Balaban J connectivity index is 1.87. The Kier molecular flexibility index (Phi) is 2.29. The molecule has 0 spiro atoms. The molecule has 2 aromatic heterocycles. The van der Waals surface area contributed by atoms with Gasteiger partial charge in [0.2, 0.25) is 0 Å². The molecule has 0 unspecified atom stereocenters. The largest absolute Gasteiger partial charge is 0.368 e. The average molecular weight is 216 g/mol. The fourth-order valence-corrected chi connectivity index (χ4v) is 2.16. The molecule has 0 N–H and O–H groups in total. The highest BCUT2D eigenvalue weighted by Crippen LogP contribution is 2.16. The molecule has 0 radical (unpaired) electrons. The number of anilines is 1. The lowest BCUT2D eigenvalue weighted by Gasteiger charge is -2.33. The van der Waals surface area contributed by atoms with Crippen molar-refractivity contribution in [2.45, 2.75) is 0 Å². The molecular formula is C12H16N4. The van der Waals surface area contributed by atoms with Gasteiger partial charge in [0.1, 0.15) is 0 Å². The number of nitrogens with zero attached hydrogens (tertiary/aromatic N) is 4. The maximum absolute atomic E-state index is 4.27. The minimum atomic E-state index is 1.10. The lowest BCUT2D eigenvalue weighted by atomic mass is 10.3. The maximum Gasteiger partial charge on any atom is 0.0663 e. The van der Waals surface area contributed by atoms with E-state index in [4.69, 9.17) is 0 Å². The molecule has 1 aliphatic heterocycles. The van der Waals surface area contributed by atoms with E-state index in [9.17, 15) is 0 Å². The van der Waals surface area contributed by atoms with Crippen LogP contribution in [-0.4, -0.2) is 47.7 Å². The third kappa shape index (κ3) is 1.65. The van der Waals surface area contributed by atoms with Crippen LogP contribution in [0.15, 0.2) is 30.6 Å². The van der Waals surface area contributed by atoms with E-state index >= 15 is 0 Å². The number of aromatic nitrogens is 2. The molecule has 0 amide bonds. The summed E-state index contributed by atoms with van der Waals surface area (Å²) in [5.41, 5.74) is 2.42. The molecule has 0 saturated carbocycles. The molecule has 2 aromatic rings. The Bertz CT molecular complexity index is 482. The van der Waals surface area contributed by atoms with Crippen molar-refractivity contribution in [3.8, 4) is 0 Å². The number of hydrogen-bond donors (Lipinski definition) is 0. The van der Waals surface area contributed by atoms with Crippen molar-refractivity contribution in [2.75, 3.05) is 38.1 Å². The van der Waals surface area contributed by atoms with Crippen LogP contribution in [0.2, 0.25) is 0 Å². The summed E-state index contributed by atoms with van der Waals surface area (Å²) in [5.74, 6) is 0. The predicted octanol–water partition coefficient (Wildman–Crippen LogP) is 1.09. The zero-order valence-corrected chi connectivity index (χ0v) is 9.50. The van der Waals surface area contributed by atoms with Crippen molar-refractivity contribution in [3.05, 3.63) is 30.6 Å². The Morgan fingerprint density at radius 2 is 1.88 bits per heavy atom. The van der Waals surface area contributed by atoms with Gasteiger partial charge < -0.3 is 9.80 Å². The van der Waals surface area contributed by atoms with Gasteiger partial charge in [-0.2, -0.15) is 5.10 Å². The van der Waals surface area contributed by atoms with Crippen molar-refractivity contribution in [1.29, 1.82) is 0 Å². The standard InChI is InChI=1S/C12H16N4/c1-14-6-8-15(9-7-14)12-3-2-11-4-5-13-16(11)10-12/h2-5,10H,6-9H2,1H3. The molecule has 1 saturated heterocycles. The zero-order valence-electron chi connectivity index (χ0n) is 9.50. The van der Waals surface area contributed by atoms with Gasteiger partial charge in [0.05, 0.1) is 17.4 Å². The van der Waals surface area contributed by atoms with E-state index in [-0.39, 0.29) is 0 Å². The van der Waals surface area contributed by atoms with Crippen LogP contribution >= 0.6 is 0 Å². The Hall–Kier alpha value is -1.55. The van der Waals surface area contributed by atoms with Gasteiger partial charge in [0.15, 0.2) is 0 Å². The first-order valence-electron chi connectivity index (χ1n) is 5.70. The van der Waals surface area contributed by atoms with E-state index in [1.807, 2.05) is 16.8 Å². The van der Waals surface area contributed by atoms with Gasteiger partial charge in [0, 0.05) is 32.4 Å². The van der Waals surface area contributed by atoms with E-state index in [1.54, 1.807) is 0 Å². The van der Waals surface area contributed by atoms with Crippen molar-refractivity contribution in [2.24, 2.45) is 0 Å². The molecular weight excluding hydrogens is 200 g/mol. The summed E-state index contributed by atoms with van der Waals surface area (Å²) >= 11 is 0. The quantitative estimate of drug-likeness (QED) is 0.713. The third-order valence-electron chi connectivity index (χ3n) is 3.25. The summed E-state index contributed by atoms with van der Waals surface area (Å²) in [6, 6.07) is 6.33. The minimum Gasteiger partial charge on any atom is -0.368 e. The highest BCUT2D eigenvalue weighted by atomic mass is 15.3. The van der Waals surface area contributed by atoms with Gasteiger partial charge in [-0.15, -0.1) is 0 Å². The van der Waals surface area contributed by atoms with Gasteiger partial charge in [-0.1, -0.05) is 0 Å². The lowest BCUT2D eigenvalue weighted by Crippen LogP contribution is -2.44. The van der Waals surface area contributed by atoms with Crippen molar-refractivity contribution < 1.29 is 0 Å². The molecule has 16 heavy (non-hydrogen) atoms. The molecule has 3 rings (SSSR count). The number of hydrogen-bond acceptors (Lipinski definition) is 3. The molecule has 3 heterocycles. The summed E-state index contributed by atoms with van der Waals surface area (Å²) < 4.78 is 1.94. The van der Waals surface area contributed by atoms with E-state index in [2.05, 4.69) is 40.3 Å². The smallest absolute Gasteiger partial charge is 0.0663 e. The second-order valence-corrected chi connectivity index (χ2v) is 4.38. The van der Waals surface area contributed by atoms with Crippen molar-refractivity contribution in [3.63, 3.8) is 0 Å². The summed E-state index contributed by atoms with van der Waals surface area (Å²) in [6.45, 7) is 4.47. The Morgan fingerprint density at radius 1 is 1.06 bits per heavy atom. The van der Waals surface area contributed by atoms with Gasteiger partial charge in [-0.05, 0) is 25.2 Å². The SMILES string of the molecule is CN1CCN(c2ccc3ccnn3c2)CC1. The van der Waals surface area contributed by atoms with Crippen LogP contribution in [0.4, 0.5) is 5.69 Å². The lowest BCUT2D eigenvalue weighted by molar-refractivity contribution is 0.312. The molecule has 84 valence electrons. The molecule has 0 aromatic carbocycles. The first-order chi connectivity index (χ1) is 7.83. The fraction of sp³-hybridized carbons (Fsp3) is 0.417. The second-order valence-electron chi connectivity index (χ2n) is 4.38. The van der Waals surface area contributed by atoms with Crippen molar-refractivity contribution >= 4 is 11.2 Å². The van der Waals surface area contributed by atoms with Gasteiger partial charge in [-0.25, -0.2) is 4.52 Å². The van der Waals surface area contributed by atoms with Gasteiger partial charge in [0.25, 0.3) is 0 Å². The van der Waals surface area contributed by atoms with Crippen LogP contribution in [0, 0.1) is 0 Å². The number of piperazine rings is 1. The minimum absolute atomic E-state index is 1.10. The van der Waals surface area contributed by atoms with E-state index in [0.29, 0.717) is 0 Å². The average Bonchev–Trinajstić information content (AvgIpc) is 2.77. The number of fused-ring (bicyclic) bond motifs is 1. The van der Waals surface area contributed by atoms with Crippen LogP contribution in [0.25, 0.3) is 5.52 Å². The van der Waals surface area contributed by atoms with E-state index in [0.717, 1.165) is 31.7 Å². The van der Waals surface area contributed by atoms with Crippen LogP contribution in [0.5, 0.6) is 0 Å². The molecule has 4 nitrogen and oxygen atoms in total. The van der Waals surface area contributed by atoms with Crippen LogP contribution < -0.4 is 4.90 Å². The monoisotopic (exact) mass is 216 g/mol. The third-order valence-corrected chi connectivity index (χ3v) is 3.25. The molecule has 0 bridgehead atoms. The molecule has 1 fully saturated rings. The molecule has 0 atom stereocenters. The van der Waals surface area contributed by atoms with Crippen LogP contribution in [0.1, 0.15) is 0 Å². The summed E-state index contributed by atoms with van der Waals surface area (Å²) in [7, 11) is 2.17. The van der Waals surface area contributed by atoms with Gasteiger partial charge in [-0.3, -0.25) is 0 Å². The van der Waals surface area contributed by atoms with Crippen molar-refractivity contribution in [1.82, 2.24) is 14.5 Å². The summed E-state index contributed by atoms with van der Waals surface area (Å²) in [5, 5.41) is 4.27. The number of likely N-dealkylation sites (N-methyl/N-ethyl adjacent to an activating group) is 1. The topological polar surface area (TPSA) is 23.8 Å². The Morgan fingerprint density at radius 3 is 2.69 bits per heavy atom. The second kappa shape index (κ2) is 3.79. The normalized spacial score (nSPS) is 18.2. The maximum atomic E-state index is 4.27. The first kappa shape index (κ1) is 9.66. The fourth-order valence-electron chi connectivity index (χ4n) is 2.16. The highest BCUT2D eigenvalue weighted by Gasteiger charge is 2.14. The first-order valence-corrected chi connectivity index (χ1v) is 5.70. The van der Waals surface area contributed by atoms with E-state index in [1.165, 1.54) is 5.69 Å². The zero-order chi connectivity index (χ0) is 11.0. The molecule has 1 aliphatic rings. The number of rotatable bonds is 1. The highest BCUT2D eigenvalue weighted by molar-refractivity contribution is 5.54. The van der Waals surface area contributed by atoms with Crippen LogP contribution in [0.3, 0.4) is 0 Å². The summed E-state index contributed by atoms with van der Waals surface area (Å²) in [4.78, 5) is 4.78.